The van der Waals surface area contributed by atoms with Crippen molar-refractivity contribution >= 4 is 24.4 Å². The Morgan fingerprint density at radius 1 is 0.717 bits per heavy atom. The topological polar surface area (TPSA) is 118 Å². The molecule has 1 aliphatic carbocycles. The number of esters is 2. The van der Waals surface area contributed by atoms with Crippen molar-refractivity contribution in [2.24, 2.45) is 9.98 Å². The van der Waals surface area contributed by atoms with Gasteiger partial charge < -0.3 is 19.7 Å². The number of carbonyl (C=O) groups is 2. The van der Waals surface area contributed by atoms with Gasteiger partial charge in [0.2, 0.25) is 0 Å². The maximum atomic E-state index is 12.9. The summed E-state index contributed by atoms with van der Waals surface area (Å²) in [6.07, 6.45) is 7.66. The van der Waals surface area contributed by atoms with Crippen LogP contribution < -0.4 is 4.74 Å². The zero-order valence-electron chi connectivity index (χ0n) is 33.5. The summed E-state index contributed by atoms with van der Waals surface area (Å²) in [5.74, 6) is -0.184. The first kappa shape index (κ1) is 41.3. The molecule has 0 spiro atoms. The zero-order chi connectivity index (χ0) is 39.1. The van der Waals surface area contributed by atoms with Crippen molar-refractivity contribution in [2.75, 3.05) is 0 Å². The predicted molar refractivity (Wildman–Crippen MR) is 214 cm³/mol. The molecule has 0 saturated heterocycles. The van der Waals surface area contributed by atoms with Crippen molar-refractivity contribution in [3.8, 4) is 17.2 Å². The fourth-order valence-electron chi connectivity index (χ4n) is 6.39. The molecule has 8 heteroatoms. The number of nitrogens with zero attached hydrogens (tertiary/aromatic N) is 2. The molecule has 2 atom stereocenters. The van der Waals surface area contributed by atoms with Crippen molar-refractivity contribution in [2.45, 2.75) is 149 Å². The third-order valence-electron chi connectivity index (χ3n) is 9.75. The van der Waals surface area contributed by atoms with Crippen LogP contribution in [0.3, 0.4) is 0 Å². The highest BCUT2D eigenvalue weighted by Gasteiger charge is 2.27. The van der Waals surface area contributed by atoms with Gasteiger partial charge in [-0.2, -0.15) is 0 Å². The second-order valence-electron chi connectivity index (χ2n) is 17.6. The van der Waals surface area contributed by atoms with Crippen molar-refractivity contribution in [1.29, 1.82) is 0 Å². The van der Waals surface area contributed by atoms with E-state index < -0.39 is 11.4 Å². The lowest BCUT2D eigenvalue weighted by Crippen LogP contribution is -2.27. The molecule has 0 aromatic heterocycles. The molecule has 2 N–H and O–H groups in total. The highest BCUT2D eigenvalue weighted by molar-refractivity contribution is 5.87. The number of aryl methyl sites for hydroxylation is 1. The van der Waals surface area contributed by atoms with Crippen LogP contribution in [0.5, 0.6) is 17.2 Å². The fourth-order valence-corrected chi connectivity index (χ4v) is 6.39. The van der Waals surface area contributed by atoms with Gasteiger partial charge in [-0.1, -0.05) is 111 Å². The molecule has 4 rings (SSSR count). The van der Waals surface area contributed by atoms with Crippen molar-refractivity contribution in [1.82, 2.24) is 0 Å². The minimum Gasteiger partial charge on any atom is -0.507 e. The summed E-state index contributed by atoms with van der Waals surface area (Å²) in [7, 11) is 0. The molecule has 0 bridgehead atoms. The molecule has 53 heavy (non-hydrogen) atoms. The molecule has 1 aliphatic rings. The van der Waals surface area contributed by atoms with E-state index >= 15 is 0 Å². The van der Waals surface area contributed by atoms with E-state index in [4.69, 9.17) is 19.5 Å². The van der Waals surface area contributed by atoms with E-state index in [-0.39, 0.29) is 59.8 Å². The lowest BCUT2D eigenvalue weighted by molar-refractivity contribution is -0.145. The Balaban J connectivity index is 1.48. The molecule has 0 radical (unpaired) electrons. The van der Waals surface area contributed by atoms with Gasteiger partial charge in [0, 0.05) is 47.5 Å². The average Bonchev–Trinajstić information content (AvgIpc) is 3.06. The molecule has 8 nitrogen and oxygen atoms in total. The molecule has 0 unspecified atom stereocenters. The van der Waals surface area contributed by atoms with Crippen LogP contribution in [0.15, 0.2) is 58.5 Å². The Kier molecular flexibility index (Phi) is 13.3. The van der Waals surface area contributed by atoms with Crippen LogP contribution in [0.4, 0.5) is 0 Å². The Morgan fingerprint density at radius 3 is 1.75 bits per heavy atom. The Labute approximate surface area is 316 Å². The molecule has 1 fully saturated rings. The first-order valence-electron chi connectivity index (χ1n) is 19.0. The predicted octanol–water partition coefficient (Wildman–Crippen LogP) is 9.97. The lowest BCUT2D eigenvalue weighted by Gasteiger charge is -2.28. The Morgan fingerprint density at radius 2 is 1.23 bits per heavy atom. The Hall–Kier alpha value is -4.46. The maximum Gasteiger partial charge on any atom is 0.311 e. The molecule has 3 aromatic rings. The molecular formula is C45H60N2O6. The highest BCUT2D eigenvalue weighted by atomic mass is 16.5. The number of hydrogen-bond donors (Lipinski definition) is 2. The second kappa shape index (κ2) is 17.1. The van der Waals surface area contributed by atoms with Gasteiger partial charge in [-0.05, 0) is 71.8 Å². The number of carbonyl (C=O) groups excluding carboxylic acids is 2. The normalized spacial score (nSPS) is 17.0. The number of phenolic OH excluding ortho intramolecular Hbond substituents is 2. The molecule has 286 valence electrons. The third kappa shape index (κ3) is 11.8. The number of ether oxygens (including phenoxy) is 2. The number of aliphatic imine (C=N–C) groups is 2. The Bertz CT molecular complexity index is 1800. The number of phenols is 2. The largest absolute Gasteiger partial charge is 0.507 e. The van der Waals surface area contributed by atoms with Crippen molar-refractivity contribution in [3.05, 3.63) is 87.5 Å². The summed E-state index contributed by atoms with van der Waals surface area (Å²) in [5.41, 5.74) is 5.10. The van der Waals surface area contributed by atoms with E-state index in [1.165, 1.54) is 0 Å². The summed E-state index contributed by atoms with van der Waals surface area (Å²) in [4.78, 5) is 35.1. The van der Waals surface area contributed by atoms with Gasteiger partial charge in [0.1, 0.15) is 23.9 Å². The van der Waals surface area contributed by atoms with Gasteiger partial charge >= 0.3 is 11.9 Å². The first-order valence-corrected chi connectivity index (χ1v) is 19.0. The molecule has 3 aromatic carbocycles. The second-order valence-corrected chi connectivity index (χ2v) is 17.6. The average molecular weight is 725 g/mol. The quantitative estimate of drug-likeness (QED) is 0.116. The van der Waals surface area contributed by atoms with E-state index in [1.807, 2.05) is 58.0 Å². The SMILES string of the molecule is Cc1ccc(COC(=O)CCCC(=O)Oc2cc(C=N[C@@H]3CCCC[C@H]3N=Cc3cc(C(C)(C)C)cc(C(C)(C)C)c3O)c(O)c(C(C)(C)C)c2)cc1. The lowest BCUT2D eigenvalue weighted by atomic mass is 9.79. The number of hydrogen-bond acceptors (Lipinski definition) is 8. The molecule has 0 heterocycles. The van der Waals surface area contributed by atoms with Gasteiger partial charge in [-0.15, -0.1) is 0 Å². The smallest absolute Gasteiger partial charge is 0.311 e. The van der Waals surface area contributed by atoms with Gasteiger partial charge in [0.15, 0.2) is 0 Å². The molecular weight excluding hydrogens is 665 g/mol. The molecule has 0 aliphatic heterocycles. The van der Waals surface area contributed by atoms with Crippen LogP contribution in [0.2, 0.25) is 0 Å². The minimum absolute atomic E-state index is 0.0437. The standard InChI is InChI=1S/C45H60N2O6/c1-29-18-20-30(21-19-29)28-52-39(48)16-13-17-40(49)53-34-23-32(42(51)36(25-34)45(8,9)10)27-47-38-15-12-11-14-37(38)46-26-31-22-33(43(2,3)4)24-35(41(31)50)44(5,6)7/h18-27,37-38,50-51H,11-17,28H2,1-10H3/t37-,38-/m1/s1. The summed E-state index contributed by atoms with van der Waals surface area (Å²) in [5, 5.41) is 22.7. The number of benzene rings is 3. The summed E-state index contributed by atoms with van der Waals surface area (Å²) in [6.45, 7) is 21.0. The van der Waals surface area contributed by atoms with Crippen LogP contribution in [0.1, 0.15) is 146 Å². The van der Waals surface area contributed by atoms with E-state index in [1.54, 1.807) is 24.6 Å². The van der Waals surface area contributed by atoms with Crippen molar-refractivity contribution in [3.63, 3.8) is 0 Å². The van der Waals surface area contributed by atoms with Crippen LogP contribution in [0, 0.1) is 6.92 Å². The first-order chi connectivity index (χ1) is 24.7. The van der Waals surface area contributed by atoms with Crippen LogP contribution in [-0.4, -0.2) is 46.7 Å². The highest BCUT2D eigenvalue weighted by Crippen LogP contribution is 2.38. The number of aromatic hydroxyl groups is 2. The van der Waals surface area contributed by atoms with Crippen LogP contribution >= 0.6 is 0 Å². The minimum atomic E-state index is -0.472. The zero-order valence-corrected chi connectivity index (χ0v) is 33.5. The summed E-state index contributed by atoms with van der Waals surface area (Å²) in [6, 6.07) is 15.0. The monoisotopic (exact) mass is 724 g/mol. The molecule has 1 saturated carbocycles. The third-order valence-corrected chi connectivity index (χ3v) is 9.75. The van der Waals surface area contributed by atoms with Gasteiger partial charge in [0.25, 0.3) is 0 Å². The van der Waals surface area contributed by atoms with E-state index in [2.05, 4.69) is 47.6 Å². The van der Waals surface area contributed by atoms with E-state index in [9.17, 15) is 19.8 Å². The summed E-state index contributed by atoms with van der Waals surface area (Å²) < 4.78 is 11.1. The van der Waals surface area contributed by atoms with Gasteiger partial charge in [-0.3, -0.25) is 19.6 Å². The summed E-state index contributed by atoms with van der Waals surface area (Å²) >= 11 is 0. The number of rotatable bonds is 11. The van der Waals surface area contributed by atoms with E-state index in [0.717, 1.165) is 47.9 Å². The molecule has 0 amide bonds. The maximum absolute atomic E-state index is 12.9. The van der Waals surface area contributed by atoms with E-state index in [0.29, 0.717) is 28.9 Å². The van der Waals surface area contributed by atoms with Crippen LogP contribution in [-0.2, 0) is 37.2 Å². The van der Waals surface area contributed by atoms with Crippen molar-refractivity contribution < 1.29 is 29.3 Å². The van der Waals surface area contributed by atoms with Gasteiger partial charge in [0.05, 0.1) is 12.1 Å². The fraction of sp³-hybridized carbons (Fsp3) is 0.511. The van der Waals surface area contributed by atoms with Gasteiger partial charge in [-0.25, -0.2) is 0 Å². The van der Waals surface area contributed by atoms with Crippen LogP contribution in [0.25, 0.3) is 0 Å².